The summed E-state index contributed by atoms with van der Waals surface area (Å²) in [5.41, 5.74) is 3.24. The summed E-state index contributed by atoms with van der Waals surface area (Å²) in [6.07, 6.45) is 0.954. The number of aromatic nitrogens is 1. The van der Waals surface area contributed by atoms with Crippen LogP contribution in [0.5, 0.6) is 5.88 Å². The molecule has 16 heavy (non-hydrogen) atoms. The molecular formula is C13H10BrNO. The third-order valence-corrected chi connectivity index (χ3v) is 3.28. The second-order valence-electron chi connectivity index (χ2n) is 3.75. The van der Waals surface area contributed by atoms with Gasteiger partial charge in [-0.1, -0.05) is 30.3 Å². The molecule has 0 aliphatic carbocycles. The molecule has 0 saturated heterocycles. The van der Waals surface area contributed by atoms with E-state index in [0.717, 1.165) is 34.6 Å². The van der Waals surface area contributed by atoms with Crippen molar-refractivity contribution in [3.05, 3.63) is 46.4 Å². The van der Waals surface area contributed by atoms with Gasteiger partial charge < -0.3 is 4.74 Å². The summed E-state index contributed by atoms with van der Waals surface area (Å²) in [4.78, 5) is 4.55. The SMILES string of the molecule is Brc1cc2c(nc1-c1ccccc1)OCC2. The maximum atomic E-state index is 5.48. The van der Waals surface area contributed by atoms with Gasteiger partial charge in [0.2, 0.25) is 5.88 Å². The maximum Gasteiger partial charge on any atom is 0.217 e. The van der Waals surface area contributed by atoms with E-state index in [0.29, 0.717) is 0 Å². The number of nitrogens with zero attached hydrogens (tertiary/aromatic N) is 1. The van der Waals surface area contributed by atoms with E-state index in [-0.39, 0.29) is 0 Å². The number of hydrogen-bond donors (Lipinski definition) is 0. The number of fused-ring (bicyclic) bond motifs is 1. The normalized spacial score (nSPS) is 13.3. The zero-order chi connectivity index (χ0) is 11.0. The lowest BCUT2D eigenvalue weighted by Gasteiger charge is -2.06. The van der Waals surface area contributed by atoms with Gasteiger partial charge in [-0.05, 0) is 22.0 Å². The summed E-state index contributed by atoms with van der Waals surface area (Å²) >= 11 is 3.57. The van der Waals surface area contributed by atoms with Gasteiger partial charge in [-0.2, -0.15) is 0 Å². The minimum atomic E-state index is 0.743. The molecule has 0 amide bonds. The third-order valence-electron chi connectivity index (χ3n) is 2.67. The second kappa shape index (κ2) is 3.91. The second-order valence-corrected chi connectivity index (χ2v) is 4.60. The molecule has 1 aromatic heterocycles. The molecule has 1 aromatic carbocycles. The molecule has 80 valence electrons. The highest BCUT2D eigenvalue weighted by molar-refractivity contribution is 9.10. The van der Waals surface area contributed by atoms with Gasteiger partial charge in [-0.25, -0.2) is 4.98 Å². The lowest BCUT2D eigenvalue weighted by atomic mass is 10.1. The smallest absolute Gasteiger partial charge is 0.217 e. The van der Waals surface area contributed by atoms with Gasteiger partial charge in [0.15, 0.2) is 0 Å². The lowest BCUT2D eigenvalue weighted by Crippen LogP contribution is -1.91. The molecule has 0 fully saturated rings. The van der Waals surface area contributed by atoms with E-state index in [9.17, 15) is 0 Å². The van der Waals surface area contributed by atoms with E-state index < -0.39 is 0 Å². The van der Waals surface area contributed by atoms with Crippen molar-refractivity contribution in [1.29, 1.82) is 0 Å². The van der Waals surface area contributed by atoms with Crippen molar-refractivity contribution in [3.8, 4) is 17.1 Å². The minimum absolute atomic E-state index is 0.743. The molecule has 3 rings (SSSR count). The molecule has 0 unspecified atom stereocenters. The van der Waals surface area contributed by atoms with Crippen molar-refractivity contribution in [2.75, 3.05) is 6.61 Å². The summed E-state index contributed by atoms with van der Waals surface area (Å²) in [7, 11) is 0. The maximum absolute atomic E-state index is 5.48. The van der Waals surface area contributed by atoms with E-state index in [1.54, 1.807) is 0 Å². The molecule has 0 spiro atoms. The first-order valence-corrected chi connectivity index (χ1v) is 6.01. The minimum Gasteiger partial charge on any atom is -0.477 e. The van der Waals surface area contributed by atoms with E-state index in [2.05, 4.69) is 39.1 Å². The van der Waals surface area contributed by atoms with Crippen LogP contribution in [0.25, 0.3) is 11.3 Å². The Balaban J connectivity index is 2.15. The predicted octanol–water partition coefficient (Wildman–Crippen LogP) is 3.45. The van der Waals surface area contributed by atoms with Crippen molar-refractivity contribution in [1.82, 2.24) is 4.98 Å². The molecule has 3 heteroatoms. The van der Waals surface area contributed by atoms with Gasteiger partial charge >= 0.3 is 0 Å². The molecule has 2 aromatic rings. The first kappa shape index (κ1) is 9.85. The molecular weight excluding hydrogens is 266 g/mol. The van der Waals surface area contributed by atoms with Crippen LogP contribution in [0.15, 0.2) is 40.9 Å². The van der Waals surface area contributed by atoms with Crippen LogP contribution in [-0.2, 0) is 6.42 Å². The molecule has 0 bridgehead atoms. The van der Waals surface area contributed by atoms with E-state index in [1.165, 1.54) is 5.56 Å². The Morgan fingerprint density at radius 3 is 2.81 bits per heavy atom. The molecule has 1 aliphatic rings. The highest BCUT2D eigenvalue weighted by Crippen LogP contribution is 2.33. The Bertz CT molecular complexity index is 525. The van der Waals surface area contributed by atoms with Crippen molar-refractivity contribution >= 4 is 15.9 Å². The summed E-state index contributed by atoms with van der Waals surface area (Å²) in [5, 5.41) is 0. The molecule has 0 saturated carbocycles. The summed E-state index contributed by atoms with van der Waals surface area (Å²) in [6, 6.07) is 12.2. The van der Waals surface area contributed by atoms with E-state index in [1.807, 2.05) is 18.2 Å². The molecule has 2 nitrogen and oxygen atoms in total. The fourth-order valence-electron chi connectivity index (χ4n) is 1.87. The Kier molecular flexibility index (Phi) is 2.40. The Labute approximate surface area is 102 Å². The van der Waals surface area contributed by atoms with Gasteiger partial charge in [-0.3, -0.25) is 0 Å². The zero-order valence-corrected chi connectivity index (χ0v) is 10.2. The zero-order valence-electron chi connectivity index (χ0n) is 8.61. The monoisotopic (exact) mass is 275 g/mol. The van der Waals surface area contributed by atoms with Gasteiger partial charge in [0.1, 0.15) is 0 Å². The number of benzene rings is 1. The largest absolute Gasteiger partial charge is 0.477 e. The Morgan fingerprint density at radius 1 is 1.19 bits per heavy atom. The van der Waals surface area contributed by atoms with Crippen LogP contribution in [0, 0.1) is 0 Å². The van der Waals surface area contributed by atoms with Crippen molar-refractivity contribution < 1.29 is 4.74 Å². The molecule has 0 N–H and O–H groups in total. The van der Waals surface area contributed by atoms with E-state index in [4.69, 9.17) is 4.74 Å². The van der Waals surface area contributed by atoms with Crippen LogP contribution >= 0.6 is 15.9 Å². The number of halogens is 1. The number of ether oxygens (including phenoxy) is 1. The predicted molar refractivity (Wildman–Crippen MR) is 66.6 cm³/mol. The third kappa shape index (κ3) is 1.61. The summed E-state index contributed by atoms with van der Waals surface area (Å²) in [6.45, 7) is 0.743. The number of pyridine rings is 1. The highest BCUT2D eigenvalue weighted by atomic mass is 79.9. The van der Waals surface area contributed by atoms with Crippen LogP contribution in [0.2, 0.25) is 0 Å². The molecule has 2 heterocycles. The van der Waals surface area contributed by atoms with Crippen LogP contribution in [0.1, 0.15) is 5.56 Å². The van der Waals surface area contributed by atoms with Crippen LogP contribution < -0.4 is 4.74 Å². The Hall–Kier alpha value is -1.35. The topological polar surface area (TPSA) is 22.1 Å². The number of rotatable bonds is 1. The van der Waals surface area contributed by atoms with Crippen LogP contribution in [-0.4, -0.2) is 11.6 Å². The van der Waals surface area contributed by atoms with Gasteiger partial charge in [0.05, 0.1) is 12.3 Å². The number of hydrogen-bond acceptors (Lipinski definition) is 2. The molecule has 0 radical (unpaired) electrons. The van der Waals surface area contributed by atoms with Gasteiger partial charge in [0, 0.05) is 22.0 Å². The van der Waals surface area contributed by atoms with Crippen LogP contribution in [0.4, 0.5) is 0 Å². The first-order valence-electron chi connectivity index (χ1n) is 5.22. The van der Waals surface area contributed by atoms with Crippen molar-refractivity contribution in [2.45, 2.75) is 6.42 Å². The fraction of sp³-hybridized carbons (Fsp3) is 0.154. The fourth-order valence-corrected chi connectivity index (χ4v) is 2.46. The van der Waals surface area contributed by atoms with E-state index >= 15 is 0 Å². The highest BCUT2D eigenvalue weighted by Gasteiger charge is 2.17. The Morgan fingerprint density at radius 2 is 2.00 bits per heavy atom. The average molecular weight is 276 g/mol. The molecule has 0 atom stereocenters. The van der Waals surface area contributed by atoms with Gasteiger partial charge in [0.25, 0.3) is 0 Å². The standard InChI is InChI=1S/C13H10BrNO/c14-11-8-10-6-7-16-13(10)15-12(11)9-4-2-1-3-5-9/h1-5,8H,6-7H2. The summed E-state index contributed by atoms with van der Waals surface area (Å²) < 4.78 is 6.51. The average Bonchev–Trinajstić information content (AvgIpc) is 2.76. The molecule has 1 aliphatic heterocycles. The first-order chi connectivity index (χ1) is 7.84. The van der Waals surface area contributed by atoms with Gasteiger partial charge in [-0.15, -0.1) is 0 Å². The quantitative estimate of drug-likeness (QED) is 0.796. The van der Waals surface area contributed by atoms with Crippen molar-refractivity contribution in [2.24, 2.45) is 0 Å². The van der Waals surface area contributed by atoms with Crippen molar-refractivity contribution in [3.63, 3.8) is 0 Å². The van der Waals surface area contributed by atoms with Crippen LogP contribution in [0.3, 0.4) is 0 Å². The summed E-state index contributed by atoms with van der Waals surface area (Å²) in [5.74, 6) is 0.780. The lowest BCUT2D eigenvalue weighted by molar-refractivity contribution is 0.345.